The zero-order valence-electron chi connectivity index (χ0n) is 34.1. The van der Waals surface area contributed by atoms with Crippen LogP contribution >= 0.6 is 0 Å². The average molecular weight is 755 g/mol. The van der Waals surface area contributed by atoms with E-state index in [1.807, 2.05) is 24.8 Å². The molecule has 0 bridgehead atoms. The van der Waals surface area contributed by atoms with Crippen LogP contribution in [0.4, 0.5) is 22.7 Å². The largest absolute Gasteiger partial charge is 0.334 e. The summed E-state index contributed by atoms with van der Waals surface area (Å²) < 4.78 is 0. The quantitative estimate of drug-likeness (QED) is 0.168. The van der Waals surface area contributed by atoms with E-state index in [-0.39, 0.29) is 21.9 Å². The molecule has 2 aliphatic carbocycles. The molecule has 0 saturated heterocycles. The van der Waals surface area contributed by atoms with Gasteiger partial charge in [0, 0.05) is 58.4 Å². The standard InChI is InChI=1S/C54H50N4/c1-51-25-5-7-27-53(51,3)57(39-21-29-55-30-22-39)47-19-13-37(33-45(47)51)41-15-9-35-12-18-44-42(16-10-36-11-17-43(41)49(35)50(36)44)38-14-20-48-46(34-38)52(2)26-6-8-28-54(52,4)58(48)40-23-31-56-32-24-40/h9-24,29-34H,5-8,25-28H2,1-4H3. The Morgan fingerprint density at radius 3 is 1.26 bits per heavy atom. The smallest absolute Gasteiger partial charge is 0.0517 e. The lowest BCUT2D eigenvalue weighted by atomic mass is 9.61. The third-order valence-electron chi connectivity index (χ3n) is 16.3. The summed E-state index contributed by atoms with van der Waals surface area (Å²) in [5.74, 6) is 0. The summed E-state index contributed by atoms with van der Waals surface area (Å²) in [6.45, 7) is 10.1. The molecule has 0 spiro atoms. The summed E-state index contributed by atoms with van der Waals surface area (Å²) >= 11 is 0. The van der Waals surface area contributed by atoms with Crippen LogP contribution in [-0.4, -0.2) is 21.0 Å². The first kappa shape index (κ1) is 34.3. The van der Waals surface area contributed by atoms with Crippen LogP contribution in [0.3, 0.4) is 0 Å². The van der Waals surface area contributed by atoms with Crippen LogP contribution in [0, 0.1) is 0 Å². The second kappa shape index (κ2) is 11.9. The van der Waals surface area contributed by atoms with Crippen molar-refractivity contribution in [3.8, 4) is 22.3 Å². The van der Waals surface area contributed by atoms with Gasteiger partial charge in [-0.15, -0.1) is 0 Å². The van der Waals surface area contributed by atoms with Crippen molar-refractivity contribution in [1.29, 1.82) is 0 Å². The molecule has 12 rings (SSSR count). The first-order valence-electron chi connectivity index (χ1n) is 21.6. The van der Waals surface area contributed by atoms with Crippen LogP contribution in [0.2, 0.25) is 0 Å². The SMILES string of the molecule is CC12CCCCC1(C)N(c1ccncc1)c1ccc(-c3ccc4ccc5c(-c6ccc7c(c6)C6(C)CCCCC6(C)N7c6ccncc6)ccc6ccc3c4c65)cc12. The topological polar surface area (TPSA) is 32.3 Å². The summed E-state index contributed by atoms with van der Waals surface area (Å²) in [5.41, 5.74) is 13.5. The molecule has 2 aromatic heterocycles. The van der Waals surface area contributed by atoms with Crippen molar-refractivity contribution in [2.24, 2.45) is 0 Å². The van der Waals surface area contributed by atoms with Gasteiger partial charge in [0.25, 0.3) is 0 Å². The Morgan fingerprint density at radius 2 is 0.828 bits per heavy atom. The maximum absolute atomic E-state index is 4.37. The van der Waals surface area contributed by atoms with Gasteiger partial charge >= 0.3 is 0 Å². The highest BCUT2D eigenvalue weighted by molar-refractivity contribution is 6.27. The van der Waals surface area contributed by atoms with Crippen molar-refractivity contribution in [3.63, 3.8) is 0 Å². The molecule has 4 atom stereocenters. The molecule has 0 N–H and O–H groups in total. The molecule has 4 unspecified atom stereocenters. The summed E-state index contributed by atoms with van der Waals surface area (Å²) in [4.78, 5) is 14.0. The van der Waals surface area contributed by atoms with Crippen molar-refractivity contribution >= 4 is 55.1 Å². The monoisotopic (exact) mass is 754 g/mol. The number of aromatic nitrogens is 2. The van der Waals surface area contributed by atoms with Gasteiger partial charge in [-0.05, 0) is 154 Å². The van der Waals surface area contributed by atoms with Gasteiger partial charge in [-0.3, -0.25) is 9.97 Å². The van der Waals surface area contributed by atoms with Gasteiger partial charge in [-0.25, -0.2) is 0 Å². The molecule has 4 aliphatic rings. The number of anilines is 4. The van der Waals surface area contributed by atoms with E-state index in [1.54, 1.807) is 0 Å². The van der Waals surface area contributed by atoms with E-state index in [9.17, 15) is 0 Å². The molecule has 6 aromatic carbocycles. The number of hydrogen-bond acceptors (Lipinski definition) is 4. The van der Waals surface area contributed by atoms with E-state index in [0.717, 1.165) is 0 Å². The van der Waals surface area contributed by atoms with Crippen molar-refractivity contribution < 1.29 is 0 Å². The van der Waals surface area contributed by atoms with Crippen molar-refractivity contribution in [1.82, 2.24) is 9.97 Å². The van der Waals surface area contributed by atoms with Crippen molar-refractivity contribution in [3.05, 3.63) is 145 Å². The predicted octanol–water partition coefficient (Wildman–Crippen LogP) is 14.2. The molecule has 286 valence electrons. The number of hydrogen-bond donors (Lipinski definition) is 0. The van der Waals surface area contributed by atoms with E-state index in [2.05, 4.69) is 157 Å². The van der Waals surface area contributed by atoms with E-state index < -0.39 is 0 Å². The van der Waals surface area contributed by atoms with Crippen LogP contribution in [-0.2, 0) is 10.8 Å². The molecule has 0 amide bonds. The van der Waals surface area contributed by atoms with Gasteiger partial charge < -0.3 is 9.80 Å². The number of pyridine rings is 2. The third kappa shape index (κ3) is 4.31. The summed E-state index contributed by atoms with van der Waals surface area (Å²) in [6.07, 6.45) is 17.6. The first-order valence-corrected chi connectivity index (χ1v) is 21.6. The highest BCUT2D eigenvalue weighted by atomic mass is 15.3. The van der Waals surface area contributed by atoms with E-state index >= 15 is 0 Å². The Labute approximate surface area is 341 Å². The van der Waals surface area contributed by atoms with Gasteiger partial charge in [-0.1, -0.05) is 100 Å². The van der Waals surface area contributed by atoms with Crippen LogP contribution in [0.25, 0.3) is 54.6 Å². The number of nitrogens with zero attached hydrogens (tertiary/aromatic N) is 4. The first-order chi connectivity index (χ1) is 28.2. The maximum atomic E-state index is 4.37. The Hall–Kier alpha value is -5.74. The minimum Gasteiger partial charge on any atom is -0.334 e. The molecule has 58 heavy (non-hydrogen) atoms. The molecule has 4 nitrogen and oxygen atoms in total. The van der Waals surface area contributed by atoms with E-state index in [0.29, 0.717) is 0 Å². The van der Waals surface area contributed by atoms with Gasteiger partial charge in [0.2, 0.25) is 0 Å². The summed E-state index contributed by atoms with van der Waals surface area (Å²) in [6, 6.07) is 42.4. The molecule has 4 heteroatoms. The van der Waals surface area contributed by atoms with Gasteiger partial charge in [0.15, 0.2) is 0 Å². The third-order valence-corrected chi connectivity index (χ3v) is 16.3. The van der Waals surface area contributed by atoms with Crippen LogP contribution in [0.5, 0.6) is 0 Å². The van der Waals surface area contributed by atoms with Crippen LogP contribution in [0.1, 0.15) is 90.2 Å². The maximum Gasteiger partial charge on any atom is 0.0517 e. The molecule has 4 heterocycles. The molecule has 8 aromatic rings. The lowest BCUT2D eigenvalue weighted by Gasteiger charge is -2.50. The lowest BCUT2D eigenvalue weighted by molar-refractivity contribution is 0.195. The summed E-state index contributed by atoms with van der Waals surface area (Å²) in [7, 11) is 0. The molecule has 2 aliphatic heterocycles. The Bertz CT molecular complexity index is 2740. The fourth-order valence-electron chi connectivity index (χ4n) is 12.9. The minimum atomic E-state index is 0.00845. The minimum absolute atomic E-state index is 0.00845. The second-order valence-electron chi connectivity index (χ2n) is 18.8. The zero-order chi connectivity index (χ0) is 39.0. The second-order valence-corrected chi connectivity index (χ2v) is 18.8. The predicted molar refractivity (Wildman–Crippen MR) is 242 cm³/mol. The van der Waals surface area contributed by atoms with E-state index in [4.69, 9.17) is 0 Å². The Balaban J connectivity index is 1.02. The zero-order valence-corrected chi connectivity index (χ0v) is 34.1. The molecule has 2 fully saturated rings. The fourth-order valence-corrected chi connectivity index (χ4v) is 12.9. The molecule has 0 radical (unpaired) electrons. The number of fused-ring (bicyclic) bond motifs is 6. The van der Waals surface area contributed by atoms with Crippen LogP contribution < -0.4 is 9.80 Å². The number of rotatable bonds is 4. The molecule has 2 saturated carbocycles. The van der Waals surface area contributed by atoms with Gasteiger partial charge in [-0.2, -0.15) is 0 Å². The van der Waals surface area contributed by atoms with Gasteiger partial charge in [0.1, 0.15) is 0 Å². The molecular formula is C54H50N4. The summed E-state index contributed by atoms with van der Waals surface area (Å²) in [5, 5.41) is 8.02. The van der Waals surface area contributed by atoms with Gasteiger partial charge in [0.05, 0.1) is 11.1 Å². The Kier molecular flexibility index (Phi) is 7.05. The Morgan fingerprint density at radius 1 is 0.431 bits per heavy atom. The highest BCUT2D eigenvalue weighted by Gasteiger charge is 2.59. The lowest BCUT2D eigenvalue weighted by Crippen LogP contribution is -2.54. The van der Waals surface area contributed by atoms with Crippen molar-refractivity contribution in [2.75, 3.05) is 9.80 Å². The molecular weight excluding hydrogens is 705 g/mol. The number of benzene rings is 6. The van der Waals surface area contributed by atoms with Crippen LogP contribution in [0.15, 0.2) is 134 Å². The fraction of sp³-hybridized carbons (Fsp3) is 0.296. The van der Waals surface area contributed by atoms with Crippen molar-refractivity contribution in [2.45, 2.75) is 101 Å². The highest BCUT2D eigenvalue weighted by Crippen LogP contribution is 2.63. The van der Waals surface area contributed by atoms with E-state index in [1.165, 1.54) is 140 Å². The average Bonchev–Trinajstić information content (AvgIpc) is 3.60. The normalized spacial score (nSPS) is 26.3.